The molecule has 0 N–H and O–H groups in total. The zero-order valence-electron chi connectivity index (χ0n) is 6.37. The van der Waals surface area contributed by atoms with E-state index in [1.54, 1.807) is 11.3 Å². The predicted molar refractivity (Wildman–Crippen MR) is 43.7 cm³/mol. The van der Waals surface area contributed by atoms with Gasteiger partial charge in [-0.3, -0.25) is 0 Å². The Morgan fingerprint density at radius 2 is 2.09 bits per heavy atom. The molecule has 60 valence electrons. The van der Waals surface area contributed by atoms with Crippen LogP contribution in [0.1, 0.15) is 16.0 Å². The van der Waals surface area contributed by atoms with Crippen LogP contribution >= 0.6 is 11.3 Å². The van der Waals surface area contributed by atoms with Crippen LogP contribution in [0.25, 0.3) is 0 Å². The number of hydrogen-bond donors (Lipinski definition) is 0. The molecule has 0 aromatic carbocycles. The Morgan fingerprint density at radius 1 is 1.36 bits per heavy atom. The van der Waals surface area contributed by atoms with Crippen molar-refractivity contribution in [1.29, 1.82) is 0 Å². The lowest BCUT2D eigenvalue weighted by atomic mass is 10.4. The van der Waals surface area contributed by atoms with Crippen LogP contribution in [0.5, 0.6) is 0 Å². The van der Waals surface area contributed by atoms with Gasteiger partial charge in [-0.25, -0.2) is 0 Å². The van der Waals surface area contributed by atoms with Gasteiger partial charge in [-0.1, -0.05) is 0 Å². The van der Waals surface area contributed by atoms with E-state index in [4.69, 9.17) is 9.47 Å². The summed E-state index contributed by atoms with van der Waals surface area (Å²) in [5.41, 5.74) is 0. The average molecular weight is 170 g/mol. The molecule has 2 rings (SSSR count). The van der Waals surface area contributed by atoms with Crippen LogP contribution in [0.3, 0.4) is 0 Å². The smallest absolute Gasteiger partial charge is 0.193 e. The summed E-state index contributed by atoms with van der Waals surface area (Å²) in [6.45, 7) is 3.53. The predicted octanol–water partition coefficient (Wildman–Crippen LogP) is 2.10. The second-order valence-electron chi connectivity index (χ2n) is 2.52. The van der Waals surface area contributed by atoms with Gasteiger partial charge in [0.1, 0.15) is 0 Å². The van der Waals surface area contributed by atoms with Crippen molar-refractivity contribution in [3.8, 4) is 0 Å². The van der Waals surface area contributed by atoms with Crippen molar-refractivity contribution in [3.63, 3.8) is 0 Å². The van der Waals surface area contributed by atoms with Gasteiger partial charge in [-0.2, -0.15) is 0 Å². The van der Waals surface area contributed by atoms with Crippen molar-refractivity contribution in [2.45, 2.75) is 13.2 Å². The first kappa shape index (κ1) is 7.28. The maximum Gasteiger partial charge on any atom is 0.193 e. The summed E-state index contributed by atoms with van der Waals surface area (Å²) >= 11 is 1.74. The molecule has 1 saturated heterocycles. The molecule has 0 unspecified atom stereocenters. The van der Waals surface area contributed by atoms with E-state index >= 15 is 0 Å². The molecule has 1 fully saturated rings. The zero-order valence-corrected chi connectivity index (χ0v) is 7.19. The van der Waals surface area contributed by atoms with E-state index in [-0.39, 0.29) is 6.29 Å². The van der Waals surface area contributed by atoms with Crippen LogP contribution < -0.4 is 0 Å². The molecule has 1 aliphatic heterocycles. The molecule has 0 amide bonds. The first-order valence-electron chi connectivity index (χ1n) is 3.66. The minimum absolute atomic E-state index is 0.0892. The lowest BCUT2D eigenvalue weighted by Gasteiger charge is -2.04. The van der Waals surface area contributed by atoms with Gasteiger partial charge in [0.25, 0.3) is 0 Å². The van der Waals surface area contributed by atoms with Gasteiger partial charge < -0.3 is 9.47 Å². The van der Waals surface area contributed by atoms with E-state index in [2.05, 4.69) is 19.1 Å². The van der Waals surface area contributed by atoms with Gasteiger partial charge in [0.15, 0.2) is 6.29 Å². The Labute approximate surface area is 69.8 Å². The van der Waals surface area contributed by atoms with Gasteiger partial charge in [0.2, 0.25) is 0 Å². The Bertz CT molecular complexity index is 238. The molecule has 0 bridgehead atoms. The maximum atomic E-state index is 5.34. The summed E-state index contributed by atoms with van der Waals surface area (Å²) < 4.78 is 10.7. The Kier molecular flexibility index (Phi) is 1.94. The third kappa shape index (κ3) is 1.45. The minimum atomic E-state index is -0.0892. The Hall–Kier alpha value is -0.380. The van der Waals surface area contributed by atoms with Crippen molar-refractivity contribution in [1.82, 2.24) is 0 Å². The highest BCUT2D eigenvalue weighted by atomic mass is 32.1. The van der Waals surface area contributed by atoms with Crippen LogP contribution in [0.2, 0.25) is 0 Å². The molecule has 0 atom stereocenters. The molecule has 2 heterocycles. The Morgan fingerprint density at radius 3 is 2.64 bits per heavy atom. The van der Waals surface area contributed by atoms with Crippen molar-refractivity contribution < 1.29 is 9.47 Å². The normalized spacial score (nSPS) is 19.4. The first-order valence-corrected chi connectivity index (χ1v) is 4.47. The molecule has 0 spiro atoms. The number of thiophene rings is 1. The van der Waals surface area contributed by atoms with Crippen molar-refractivity contribution in [3.05, 3.63) is 21.9 Å². The van der Waals surface area contributed by atoms with Gasteiger partial charge >= 0.3 is 0 Å². The molecular weight excluding hydrogens is 160 g/mol. The molecule has 3 heteroatoms. The zero-order chi connectivity index (χ0) is 7.68. The van der Waals surface area contributed by atoms with Gasteiger partial charge in [0, 0.05) is 4.88 Å². The quantitative estimate of drug-likeness (QED) is 0.642. The SMILES string of the molecule is Cc1ccc(C2OCCO2)s1. The van der Waals surface area contributed by atoms with E-state index in [1.807, 2.05) is 0 Å². The third-order valence-corrected chi connectivity index (χ3v) is 2.64. The highest BCUT2D eigenvalue weighted by Gasteiger charge is 2.19. The topological polar surface area (TPSA) is 18.5 Å². The summed E-state index contributed by atoms with van der Waals surface area (Å²) in [6, 6.07) is 4.15. The molecule has 11 heavy (non-hydrogen) atoms. The van der Waals surface area contributed by atoms with Gasteiger partial charge in [0.05, 0.1) is 18.1 Å². The summed E-state index contributed by atoms with van der Waals surface area (Å²) in [6.07, 6.45) is -0.0892. The fraction of sp³-hybridized carbons (Fsp3) is 0.500. The largest absolute Gasteiger partial charge is 0.345 e. The van der Waals surface area contributed by atoms with E-state index in [0.717, 1.165) is 13.2 Å². The van der Waals surface area contributed by atoms with Crippen LogP contribution in [-0.2, 0) is 9.47 Å². The molecule has 0 aliphatic carbocycles. The Balaban J connectivity index is 2.15. The number of aryl methyl sites for hydroxylation is 1. The summed E-state index contributed by atoms with van der Waals surface area (Å²) in [5, 5.41) is 0. The van der Waals surface area contributed by atoms with E-state index < -0.39 is 0 Å². The third-order valence-electron chi connectivity index (χ3n) is 1.62. The van der Waals surface area contributed by atoms with Crippen molar-refractivity contribution in [2.75, 3.05) is 13.2 Å². The fourth-order valence-corrected chi connectivity index (χ4v) is 1.98. The second kappa shape index (κ2) is 2.93. The van der Waals surface area contributed by atoms with Crippen molar-refractivity contribution in [2.24, 2.45) is 0 Å². The lowest BCUT2D eigenvalue weighted by molar-refractivity contribution is -0.0413. The standard InChI is InChI=1S/C8H10O2S/c1-6-2-3-7(11-6)8-9-4-5-10-8/h2-3,8H,4-5H2,1H3. The molecular formula is C8H10O2S. The fourth-order valence-electron chi connectivity index (χ4n) is 1.10. The van der Waals surface area contributed by atoms with Crippen LogP contribution in [0.15, 0.2) is 12.1 Å². The number of hydrogen-bond acceptors (Lipinski definition) is 3. The van der Waals surface area contributed by atoms with E-state index in [0.29, 0.717) is 0 Å². The number of rotatable bonds is 1. The van der Waals surface area contributed by atoms with Crippen LogP contribution in [0, 0.1) is 6.92 Å². The van der Waals surface area contributed by atoms with Gasteiger partial charge in [-0.05, 0) is 19.1 Å². The molecule has 1 aromatic heterocycles. The summed E-state index contributed by atoms with van der Waals surface area (Å²) in [4.78, 5) is 2.49. The van der Waals surface area contributed by atoms with Gasteiger partial charge in [-0.15, -0.1) is 11.3 Å². The van der Waals surface area contributed by atoms with E-state index in [9.17, 15) is 0 Å². The van der Waals surface area contributed by atoms with Crippen molar-refractivity contribution >= 4 is 11.3 Å². The monoisotopic (exact) mass is 170 g/mol. The molecule has 0 saturated carbocycles. The molecule has 1 aliphatic rings. The minimum Gasteiger partial charge on any atom is -0.345 e. The first-order chi connectivity index (χ1) is 5.36. The number of ether oxygens (including phenoxy) is 2. The summed E-state index contributed by atoms with van der Waals surface area (Å²) in [5.74, 6) is 0. The average Bonchev–Trinajstić information content (AvgIpc) is 2.55. The van der Waals surface area contributed by atoms with E-state index in [1.165, 1.54) is 9.75 Å². The molecule has 0 radical (unpaired) electrons. The second-order valence-corrected chi connectivity index (χ2v) is 3.84. The molecule has 2 nitrogen and oxygen atoms in total. The van der Waals surface area contributed by atoms with Crippen LogP contribution in [0.4, 0.5) is 0 Å². The summed E-state index contributed by atoms with van der Waals surface area (Å²) in [7, 11) is 0. The lowest BCUT2D eigenvalue weighted by Crippen LogP contribution is -1.93. The van der Waals surface area contributed by atoms with Crippen LogP contribution in [-0.4, -0.2) is 13.2 Å². The highest BCUT2D eigenvalue weighted by Crippen LogP contribution is 2.28. The molecule has 1 aromatic rings. The maximum absolute atomic E-state index is 5.34. The highest BCUT2D eigenvalue weighted by molar-refractivity contribution is 7.11.